The van der Waals surface area contributed by atoms with Crippen molar-refractivity contribution in [2.24, 2.45) is 7.05 Å². The van der Waals surface area contributed by atoms with E-state index < -0.39 is 0 Å². The van der Waals surface area contributed by atoms with E-state index in [9.17, 15) is 0 Å². The summed E-state index contributed by atoms with van der Waals surface area (Å²) in [5.41, 5.74) is 3.72. The Bertz CT molecular complexity index is 1160. The Labute approximate surface area is 200 Å². The lowest BCUT2D eigenvalue weighted by molar-refractivity contribution is 0.106. The van der Waals surface area contributed by atoms with Gasteiger partial charge in [0, 0.05) is 43.7 Å². The third-order valence-corrected chi connectivity index (χ3v) is 6.89. The average molecular weight is 490 g/mol. The number of aromatic nitrogens is 2. The maximum Gasteiger partial charge on any atom is 0.105 e. The highest BCUT2D eigenvalue weighted by atomic mass is 35.5. The third-order valence-electron chi connectivity index (χ3n) is 4.72. The van der Waals surface area contributed by atoms with Gasteiger partial charge in [-0.2, -0.15) is 5.10 Å². The van der Waals surface area contributed by atoms with Gasteiger partial charge >= 0.3 is 0 Å². The van der Waals surface area contributed by atoms with Crippen molar-refractivity contribution in [3.05, 3.63) is 99.0 Å². The number of ether oxygens (including phenoxy) is 1. The minimum atomic E-state index is 0.312. The smallest absolute Gasteiger partial charge is 0.105 e. The Morgan fingerprint density at radius 3 is 2.13 bits per heavy atom. The van der Waals surface area contributed by atoms with E-state index in [1.54, 1.807) is 11.8 Å². The van der Waals surface area contributed by atoms with Crippen LogP contribution >= 0.6 is 46.6 Å². The van der Waals surface area contributed by atoms with Crippen molar-refractivity contribution in [2.45, 2.75) is 23.1 Å². The van der Waals surface area contributed by atoms with Crippen LogP contribution in [0.3, 0.4) is 0 Å². The molecule has 0 saturated heterocycles. The molecule has 0 aliphatic heterocycles. The largest absolute Gasteiger partial charge is 0.372 e. The third kappa shape index (κ3) is 5.28. The van der Waals surface area contributed by atoms with Gasteiger partial charge in [-0.3, -0.25) is 4.68 Å². The highest BCUT2D eigenvalue weighted by Gasteiger charge is 2.19. The summed E-state index contributed by atoms with van der Waals surface area (Å²) in [6.07, 6.45) is 0. The molecule has 31 heavy (non-hydrogen) atoms. The van der Waals surface area contributed by atoms with Crippen molar-refractivity contribution in [2.75, 3.05) is 0 Å². The molecule has 0 radical (unpaired) electrons. The minimum absolute atomic E-state index is 0.312. The predicted octanol–water partition coefficient (Wildman–Crippen LogP) is 7.92. The summed E-state index contributed by atoms with van der Waals surface area (Å²) in [7, 11) is 1.94. The van der Waals surface area contributed by atoms with E-state index in [0.717, 1.165) is 32.3 Å². The van der Waals surface area contributed by atoms with Crippen LogP contribution in [0.15, 0.2) is 82.7 Å². The van der Waals surface area contributed by atoms with Crippen molar-refractivity contribution >= 4 is 46.6 Å². The second-order valence-corrected chi connectivity index (χ2v) is 9.18. The summed E-state index contributed by atoms with van der Waals surface area (Å²) in [6, 6.07) is 23.3. The fourth-order valence-electron chi connectivity index (χ4n) is 3.18. The van der Waals surface area contributed by atoms with E-state index in [-0.39, 0.29) is 0 Å². The van der Waals surface area contributed by atoms with Crippen molar-refractivity contribution in [1.29, 1.82) is 0 Å². The van der Waals surface area contributed by atoms with Crippen LogP contribution in [-0.2, 0) is 25.0 Å². The van der Waals surface area contributed by atoms with Crippen LogP contribution in [0.5, 0.6) is 0 Å². The van der Waals surface area contributed by atoms with Crippen LogP contribution in [-0.4, -0.2) is 9.78 Å². The zero-order valence-corrected chi connectivity index (χ0v) is 19.8. The van der Waals surface area contributed by atoms with Crippen molar-refractivity contribution < 1.29 is 4.74 Å². The Balaban J connectivity index is 1.65. The number of hydrogen-bond donors (Lipinski definition) is 0. The fraction of sp³-hybridized carbons (Fsp3) is 0.125. The van der Waals surface area contributed by atoms with Gasteiger partial charge < -0.3 is 4.74 Å². The normalized spacial score (nSPS) is 11.1. The van der Waals surface area contributed by atoms with E-state index in [1.165, 1.54) is 0 Å². The summed E-state index contributed by atoms with van der Waals surface area (Å²) >= 11 is 20.3. The average Bonchev–Trinajstić information content (AvgIpc) is 3.08. The highest BCUT2D eigenvalue weighted by molar-refractivity contribution is 7.99. The van der Waals surface area contributed by atoms with Gasteiger partial charge in [-0.25, -0.2) is 0 Å². The van der Waals surface area contributed by atoms with E-state index in [1.807, 2.05) is 84.5 Å². The standard InChI is InChI=1S/C24H19Cl3N2OS/c1-29-24(31-18-12-10-17(25)11-13-18)20(23(28-29)16-6-3-2-4-7-16)15-30-14-19-21(26)8-5-9-22(19)27/h2-13H,14-15H2,1H3. The summed E-state index contributed by atoms with van der Waals surface area (Å²) in [5, 5.41) is 7.70. The Morgan fingerprint density at radius 2 is 1.45 bits per heavy atom. The fourth-order valence-corrected chi connectivity index (χ4v) is 4.76. The van der Waals surface area contributed by atoms with Crippen LogP contribution in [0.25, 0.3) is 11.3 Å². The first-order valence-corrected chi connectivity index (χ1v) is 11.5. The number of hydrogen-bond acceptors (Lipinski definition) is 3. The molecule has 0 amide bonds. The first-order chi connectivity index (χ1) is 15.0. The molecule has 3 nitrogen and oxygen atoms in total. The van der Waals surface area contributed by atoms with Crippen LogP contribution in [0, 0.1) is 0 Å². The highest BCUT2D eigenvalue weighted by Crippen LogP contribution is 2.36. The van der Waals surface area contributed by atoms with Crippen LogP contribution < -0.4 is 0 Å². The van der Waals surface area contributed by atoms with Gasteiger partial charge in [-0.05, 0) is 36.4 Å². The molecule has 0 fully saturated rings. The van der Waals surface area contributed by atoms with Gasteiger partial charge in [0.1, 0.15) is 5.03 Å². The molecule has 0 spiro atoms. The monoisotopic (exact) mass is 488 g/mol. The number of rotatable bonds is 7. The van der Waals surface area contributed by atoms with E-state index >= 15 is 0 Å². The number of aryl methyl sites for hydroxylation is 1. The molecule has 0 aliphatic rings. The first-order valence-electron chi connectivity index (χ1n) is 9.58. The van der Waals surface area contributed by atoms with Crippen LogP contribution in [0.1, 0.15) is 11.1 Å². The number of nitrogens with zero attached hydrogens (tertiary/aromatic N) is 2. The Morgan fingerprint density at radius 1 is 0.806 bits per heavy atom. The molecule has 7 heteroatoms. The van der Waals surface area contributed by atoms with Crippen molar-refractivity contribution in [1.82, 2.24) is 9.78 Å². The summed E-state index contributed by atoms with van der Waals surface area (Å²) in [4.78, 5) is 1.07. The SMILES string of the molecule is Cn1nc(-c2ccccc2)c(COCc2c(Cl)cccc2Cl)c1Sc1ccc(Cl)cc1. The van der Waals surface area contributed by atoms with Crippen LogP contribution in [0.4, 0.5) is 0 Å². The van der Waals surface area contributed by atoms with E-state index in [0.29, 0.717) is 28.3 Å². The maximum absolute atomic E-state index is 6.30. The Kier molecular flexibility index (Phi) is 7.26. The molecule has 158 valence electrons. The summed E-state index contributed by atoms with van der Waals surface area (Å²) < 4.78 is 7.98. The molecule has 4 rings (SSSR count). The molecule has 1 heterocycles. The van der Waals surface area contributed by atoms with E-state index in [2.05, 4.69) is 0 Å². The van der Waals surface area contributed by atoms with E-state index in [4.69, 9.17) is 44.6 Å². The van der Waals surface area contributed by atoms with Crippen LogP contribution in [0.2, 0.25) is 15.1 Å². The van der Waals surface area contributed by atoms with Gasteiger partial charge in [0.25, 0.3) is 0 Å². The van der Waals surface area contributed by atoms with Gasteiger partial charge in [0.05, 0.1) is 18.9 Å². The number of benzene rings is 3. The zero-order valence-electron chi connectivity index (χ0n) is 16.7. The summed E-state index contributed by atoms with van der Waals surface area (Å²) in [5.74, 6) is 0. The molecule has 1 aromatic heterocycles. The lowest BCUT2D eigenvalue weighted by atomic mass is 10.1. The lowest BCUT2D eigenvalue weighted by Crippen LogP contribution is -1.99. The molecular formula is C24H19Cl3N2OS. The molecule has 0 atom stereocenters. The van der Waals surface area contributed by atoms with Gasteiger partial charge in [0.2, 0.25) is 0 Å². The molecule has 0 saturated carbocycles. The van der Waals surface area contributed by atoms with Gasteiger partial charge in [0.15, 0.2) is 0 Å². The maximum atomic E-state index is 6.30. The molecule has 0 aliphatic carbocycles. The quantitative estimate of drug-likeness (QED) is 0.264. The van der Waals surface area contributed by atoms with Crippen molar-refractivity contribution in [3.63, 3.8) is 0 Å². The zero-order chi connectivity index (χ0) is 21.8. The predicted molar refractivity (Wildman–Crippen MR) is 129 cm³/mol. The lowest BCUT2D eigenvalue weighted by Gasteiger charge is -2.11. The van der Waals surface area contributed by atoms with Crippen molar-refractivity contribution in [3.8, 4) is 11.3 Å². The van der Waals surface area contributed by atoms with Gasteiger partial charge in [-0.1, -0.05) is 83.0 Å². The topological polar surface area (TPSA) is 27.1 Å². The molecule has 4 aromatic rings. The number of halogens is 3. The second-order valence-electron chi connectivity index (χ2n) is 6.87. The first kappa shape index (κ1) is 22.3. The van der Waals surface area contributed by atoms with Gasteiger partial charge in [-0.15, -0.1) is 0 Å². The molecule has 0 bridgehead atoms. The minimum Gasteiger partial charge on any atom is -0.372 e. The molecule has 0 unspecified atom stereocenters. The second kappa shape index (κ2) is 10.1. The Hall–Kier alpha value is -1.95. The molecule has 0 N–H and O–H groups in total. The molecule has 3 aromatic carbocycles. The summed E-state index contributed by atoms with van der Waals surface area (Å²) in [6.45, 7) is 0.683. The molecular weight excluding hydrogens is 471 g/mol.